The second-order valence-corrected chi connectivity index (χ2v) is 8.36. The molecule has 3 nitrogen and oxygen atoms in total. The van der Waals surface area contributed by atoms with Crippen LogP contribution in [0.2, 0.25) is 0 Å². The summed E-state index contributed by atoms with van der Waals surface area (Å²) in [7, 11) is 0. The van der Waals surface area contributed by atoms with E-state index in [1.807, 2.05) is 17.0 Å². The lowest BCUT2D eigenvalue weighted by atomic mass is 10.0. The Morgan fingerprint density at radius 3 is 2.14 bits per heavy atom. The monoisotopic (exact) mass is 384 g/mol. The van der Waals surface area contributed by atoms with Crippen LogP contribution in [0, 0.1) is 0 Å². The second kappa shape index (κ2) is 12.6. The predicted molar refractivity (Wildman–Crippen MR) is 119 cm³/mol. The molecule has 1 saturated heterocycles. The number of benzene rings is 1. The Morgan fingerprint density at radius 2 is 1.57 bits per heavy atom. The van der Waals surface area contributed by atoms with Gasteiger partial charge >= 0.3 is 0 Å². The minimum atomic E-state index is -0.00109. The van der Waals surface area contributed by atoms with E-state index in [0.717, 1.165) is 31.4 Å². The van der Waals surface area contributed by atoms with Gasteiger partial charge in [0.1, 0.15) is 0 Å². The van der Waals surface area contributed by atoms with Crippen LogP contribution in [-0.4, -0.2) is 23.4 Å². The fourth-order valence-corrected chi connectivity index (χ4v) is 4.19. The smallest absolute Gasteiger partial charge is 0.254 e. The maximum absolute atomic E-state index is 12.7. The summed E-state index contributed by atoms with van der Waals surface area (Å²) in [6.45, 7) is 6.89. The third kappa shape index (κ3) is 7.33. The molecule has 0 saturated carbocycles. The van der Waals surface area contributed by atoms with Crippen LogP contribution >= 0.6 is 0 Å². The molecule has 0 spiro atoms. The number of aryl methyl sites for hydroxylation is 1. The molecule has 0 bridgehead atoms. The Labute approximate surface area is 172 Å². The third-order valence-electron chi connectivity index (χ3n) is 5.96. The number of nitrogens with zero attached hydrogens (tertiary/aromatic N) is 1. The SMILES string of the molecule is C=C(N)[C@@H]1CCCN1C(=O)c1ccc(CCCCCCCCCCCC)cc1. The lowest BCUT2D eigenvalue weighted by Gasteiger charge is -2.24. The molecule has 156 valence electrons. The summed E-state index contributed by atoms with van der Waals surface area (Å²) in [6, 6.07) is 8.18. The van der Waals surface area contributed by atoms with Gasteiger partial charge in [0.15, 0.2) is 0 Å². The molecule has 3 heteroatoms. The van der Waals surface area contributed by atoms with Crippen LogP contribution in [0.25, 0.3) is 0 Å². The molecule has 28 heavy (non-hydrogen) atoms. The number of amides is 1. The van der Waals surface area contributed by atoms with Crippen molar-refractivity contribution in [3.8, 4) is 0 Å². The van der Waals surface area contributed by atoms with Crippen molar-refractivity contribution in [3.05, 3.63) is 47.7 Å². The van der Waals surface area contributed by atoms with Gasteiger partial charge in [0.25, 0.3) is 5.91 Å². The second-order valence-electron chi connectivity index (χ2n) is 8.36. The van der Waals surface area contributed by atoms with E-state index >= 15 is 0 Å². The van der Waals surface area contributed by atoms with Gasteiger partial charge in [-0.05, 0) is 43.4 Å². The topological polar surface area (TPSA) is 46.3 Å². The molecule has 1 amide bonds. The quantitative estimate of drug-likeness (QED) is 0.410. The number of unbranched alkanes of at least 4 members (excludes halogenated alkanes) is 9. The molecular formula is C25H40N2O. The summed E-state index contributed by atoms with van der Waals surface area (Å²) in [5.41, 5.74) is 8.56. The number of hydrogen-bond acceptors (Lipinski definition) is 2. The van der Waals surface area contributed by atoms with E-state index in [2.05, 4.69) is 25.6 Å². The Hall–Kier alpha value is -1.77. The molecule has 0 radical (unpaired) electrons. The summed E-state index contributed by atoms with van der Waals surface area (Å²) in [4.78, 5) is 14.6. The lowest BCUT2D eigenvalue weighted by Crippen LogP contribution is -2.38. The lowest BCUT2D eigenvalue weighted by molar-refractivity contribution is 0.0755. The molecule has 2 rings (SSSR count). The first kappa shape index (κ1) is 22.5. The van der Waals surface area contributed by atoms with Gasteiger partial charge in [-0.3, -0.25) is 4.79 Å². The van der Waals surface area contributed by atoms with E-state index in [1.54, 1.807) is 0 Å². The predicted octanol–water partition coefficient (Wildman–Crippen LogP) is 6.23. The van der Waals surface area contributed by atoms with Crippen molar-refractivity contribution in [1.82, 2.24) is 4.90 Å². The third-order valence-corrected chi connectivity index (χ3v) is 5.96. The summed E-state index contributed by atoms with van der Waals surface area (Å²) in [5.74, 6) is 0.0830. The van der Waals surface area contributed by atoms with Gasteiger partial charge in [-0.2, -0.15) is 0 Å². The van der Waals surface area contributed by atoms with Gasteiger partial charge in [-0.15, -0.1) is 0 Å². The summed E-state index contributed by atoms with van der Waals surface area (Å²) < 4.78 is 0. The van der Waals surface area contributed by atoms with Gasteiger partial charge in [-0.25, -0.2) is 0 Å². The molecule has 1 heterocycles. The highest BCUT2D eigenvalue weighted by molar-refractivity contribution is 5.94. The standard InChI is InChI=1S/C25H40N2O/c1-3-4-5-6-7-8-9-10-11-12-14-22-16-18-23(19-17-22)25(28)27-20-13-15-24(27)21(2)26/h16-19,24H,2-15,20,26H2,1H3/t24-/m0/s1. The molecule has 0 unspecified atom stereocenters. The fourth-order valence-electron chi connectivity index (χ4n) is 4.19. The minimum absolute atomic E-state index is 0.00109. The highest BCUT2D eigenvalue weighted by atomic mass is 16.2. The van der Waals surface area contributed by atoms with Crippen LogP contribution in [0.15, 0.2) is 36.5 Å². The molecule has 1 aromatic carbocycles. The van der Waals surface area contributed by atoms with Crippen LogP contribution in [0.3, 0.4) is 0 Å². The Morgan fingerprint density at radius 1 is 1.00 bits per heavy atom. The van der Waals surface area contributed by atoms with Crippen molar-refractivity contribution in [2.45, 2.75) is 96.4 Å². The summed E-state index contributed by atoms with van der Waals surface area (Å²) in [6.07, 6.45) is 16.7. The van der Waals surface area contributed by atoms with E-state index in [1.165, 1.54) is 69.8 Å². The van der Waals surface area contributed by atoms with E-state index in [4.69, 9.17) is 5.73 Å². The van der Waals surface area contributed by atoms with E-state index in [9.17, 15) is 4.79 Å². The number of rotatable bonds is 13. The Balaban J connectivity index is 1.63. The molecule has 1 aliphatic heterocycles. The summed E-state index contributed by atoms with van der Waals surface area (Å²) in [5, 5.41) is 0. The van der Waals surface area contributed by atoms with Gasteiger partial charge in [0.2, 0.25) is 0 Å². The van der Waals surface area contributed by atoms with Crippen molar-refractivity contribution in [2.75, 3.05) is 6.54 Å². The van der Waals surface area contributed by atoms with Crippen LogP contribution in [-0.2, 0) is 6.42 Å². The van der Waals surface area contributed by atoms with Crippen LogP contribution in [0.4, 0.5) is 0 Å². The number of carbonyl (C=O) groups excluding carboxylic acids is 1. The van der Waals surface area contributed by atoms with Crippen molar-refractivity contribution in [2.24, 2.45) is 5.73 Å². The largest absolute Gasteiger partial charge is 0.401 e. The first-order valence-corrected chi connectivity index (χ1v) is 11.5. The Bertz CT molecular complexity index is 593. The fraction of sp³-hybridized carbons (Fsp3) is 0.640. The van der Waals surface area contributed by atoms with E-state index < -0.39 is 0 Å². The average Bonchev–Trinajstić information content (AvgIpc) is 3.19. The van der Waals surface area contributed by atoms with Gasteiger partial charge in [0, 0.05) is 17.8 Å². The highest BCUT2D eigenvalue weighted by Gasteiger charge is 2.30. The van der Waals surface area contributed by atoms with Crippen molar-refractivity contribution >= 4 is 5.91 Å². The van der Waals surface area contributed by atoms with E-state index in [-0.39, 0.29) is 11.9 Å². The van der Waals surface area contributed by atoms with E-state index in [0.29, 0.717) is 5.70 Å². The minimum Gasteiger partial charge on any atom is -0.401 e. The number of nitrogens with two attached hydrogens (primary N) is 1. The zero-order valence-corrected chi connectivity index (χ0v) is 17.9. The average molecular weight is 385 g/mol. The van der Waals surface area contributed by atoms with Gasteiger partial charge < -0.3 is 10.6 Å². The van der Waals surface area contributed by atoms with Crippen molar-refractivity contribution in [1.29, 1.82) is 0 Å². The molecule has 2 N–H and O–H groups in total. The molecular weight excluding hydrogens is 344 g/mol. The molecule has 0 aromatic heterocycles. The first-order valence-electron chi connectivity index (χ1n) is 11.5. The number of hydrogen-bond donors (Lipinski definition) is 1. The molecule has 1 aliphatic rings. The first-order chi connectivity index (χ1) is 13.6. The van der Waals surface area contributed by atoms with Crippen LogP contribution < -0.4 is 5.73 Å². The molecule has 1 fully saturated rings. The Kier molecular flexibility index (Phi) is 10.2. The van der Waals surface area contributed by atoms with Crippen LogP contribution in [0.5, 0.6) is 0 Å². The van der Waals surface area contributed by atoms with Crippen LogP contribution in [0.1, 0.15) is 99.9 Å². The zero-order valence-electron chi connectivity index (χ0n) is 17.9. The zero-order chi connectivity index (χ0) is 20.2. The van der Waals surface area contributed by atoms with Gasteiger partial charge in [0.05, 0.1) is 6.04 Å². The normalized spacial score (nSPS) is 16.5. The number of carbonyl (C=O) groups is 1. The summed E-state index contributed by atoms with van der Waals surface area (Å²) >= 11 is 0. The maximum Gasteiger partial charge on any atom is 0.254 e. The molecule has 0 aliphatic carbocycles. The maximum atomic E-state index is 12.7. The van der Waals surface area contributed by atoms with Gasteiger partial charge in [-0.1, -0.05) is 83.4 Å². The highest BCUT2D eigenvalue weighted by Crippen LogP contribution is 2.23. The molecule has 1 atom stereocenters. The molecule has 1 aromatic rings. The van der Waals surface area contributed by atoms with Crippen molar-refractivity contribution in [3.63, 3.8) is 0 Å². The number of likely N-dealkylation sites (tertiary alicyclic amines) is 1. The van der Waals surface area contributed by atoms with Crippen molar-refractivity contribution < 1.29 is 4.79 Å².